The van der Waals surface area contributed by atoms with E-state index in [1.807, 2.05) is 24.3 Å². The highest BCUT2D eigenvalue weighted by Crippen LogP contribution is 2.34. The largest absolute Gasteiger partial charge is 0.490 e. The minimum absolute atomic E-state index is 0.272. The number of carboxylic acids is 1. The molecule has 2 saturated heterocycles. The van der Waals surface area contributed by atoms with E-state index >= 15 is 0 Å². The van der Waals surface area contributed by atoms with E-state index < -0.39 is 12.1 Å². The van der Waals surface area contributed by atoms with Crippen LogP contribution in [0.3, 0.4) is 0 Å². The zero-order valence-corrected chi connectivity index (χ0v) is 18.0. The van der Waals surface area contributed by atoms with Crippen molar-refractivity contribution < 1.29 is 27.9 Å². The van der Waals surface area contributed by atoms with Crippen molar-refractivity contribution in [3.8, 4) is 0 Å². The van der Waals surface area contributed by atoms with Crippen LogP contribution >= 0.6 is 11.6 Å². The first-order valence-corrected chi connectivity index (χ1v) is 11.0. The van der Waals surface area contributed by atoms with Crippen LogP contribution in [0.4, 0.5) is 13.2 Å². The average Bonchev–Trinajstić information content (AvgIpc) is 3.40. The quantitative estimate of drug-likeness (QED) is 0.735. The van der Waals surface area contributed by atoms with Gasteiger partial charge in [0.15, 0.2) is 0 Å². The van der Waals surface area contributed by atoms with Gasteiger partial charge in [0.05, 0.1) is 6.42 Å². The summed E-state index contributed by atoms with van der Waals surface area (Å²) in [5, 5.41) is 7.85. The Balaban J connectivity index is 0.000000339. The number of alkyl halides is 3. The van der Waals surface area contributed by atoms with Crippen molar-refractivity contribution in [2.75, 3.05) is 32.7 Å². The lowest BCUT2D eigenvalue weighted by atomic mass is 10.0. The van der Waals surface area contributed by atoms with Gasteiger partial charge < -0.3 is 14.9 Å². The van der Waals surface area contributed by atoms with Gasteiger partial charge in [0.2, 0.25) is 5.91 Å². The molecule has 1 saturated carbocycles. The van der Waals surface area contributed by atoms with Crippen molar-refractivity contribution in [2.24, 2.45) is 17.8 Å². The third kappa shape index (κ3) is 6.84. The van der Waals surface area contributed by atoms with Crippen LogP contribution in [0.5, 0.6) is 0 Å². The molecule has 0 aromatic heterocycles. The van der Waals surface area contributed by atoms with Gasteiger partial charge in [-0.05, 0) is 48.3 Å². The predicted octanol–water partition coefficient (Wildman–Crippen LogP) is 4.10. The Bertz CT molecular complexity index is 752. The molecule has 3 aliphatic rings. The van der Waals surface area contributed by atoms with Gasteiger partial charge in [-0.3, -0.25) is 4.79 Å². The van der Waals surface area contributed by atoms with Crippen LogP contribution in [0.25, 0.3) is 0 Å². The number of amides is 1. The van der Waals surface area contributed by atoms with E-state index in [0.717, 1.165) is 29.6 Å². The van der Waals surface area contributed by atoms with E-state index in [0.29, 0.717) is 18.3 Å². The molecule has 1 amide bonds. The van der Waals surface area contributed by atoms with Crippen molar-refractivity contribution >= 4 is 23.5 Å². The maximum absolute atomic E-state index is 12.6. The Kier molecular flexibility index (Phi) is 7.86. The van der Waals surface area contributed by atoms with E-state index in [2.05, 4.69) is 9.80 Å². The van der Waals surface area contributed by atoms with Crippen molar-refractivity contribution in [3.63, 3.8) is 0 Å². The van der Waals surface area contributed by atoms with E-state index in [1.165, 1.54) is 45.3 Å². The molecule has 0 radical (unpaired) electrons. The Labute approximate surface area is 185 Å². The van der Waals surface area contributed by atoms with Gasteiger partial charge in [-0.15, -0.1) is 0 Å². The molecule has 2 unspecified atom stereocenters. The summed E-state index contributed by atoms with van der Waals surface area (Å²) in [6.45, 7) is 5.61. The number of carboxylic acid groups (broad SMARTS) is 1. The fourth-order valence-electron chi connectivity index (χ4n) is 4.89. The van der Waals surface area contributed by atoms with Crippen LogP contribution in [0.2, 0.25) is 5.02 Å². The molecule has 1 aromatic rings. The van der Waals surface area contributed by atoms with Crippen LogP contribution in [0, 0.1) is 17.8 Å². The first-order valence-electron chi connectivity index (χ1n) is 10.7. The fourth-order valence-corrected chi connectivity index (χ4v) is 5.02. The topological polar surface area (TPSA) is 60.9 Å². The minimum atomic E-state index is -5.08. The molecule has 1 aromatic carbocycles. The first kappa shape index (κ1) is 23.9. The lowest BCUT2D eigenvalue weighted by Gasteiger charge is -2.24. The molecule has 5 nitrogen and oxygen atoms in total. The lowest BCUT2D eigenvalue weighted by Crippen LogP contribution is -2.35. The smallest absolute Gasteiger partial charge is 0.475 e. The number of fused-ring (bicyclic) bond motifs is 1. The highest BCUT2D eigenvalue weighted by molar-refractivity contribution is 6.30. The Morgan fingerprint density at radius 2 is 1.52 bits per heavy atom. The van der Waals surface area contributed by atoms with Gasteiger partial charge in [-0.25, -0.2) is 4.79 Å². The molecule has 0 bridgehead atoms. The number of hydrogen-bond donors (Lipinski definition) is 1. The number of halogens is 4. The zero-order chi connectivity index (χ0) is 22.6. The number of benzene rings is 1. The predicted molar refractivity (Wildman–Crippen MR) is 111 cm³/mol. The van der Waals surface area contributed by atoms with E-state index in [4.69, 9.17) is 21.5 Å². The number of rotatable bonds is 4. The van der Waals surface area contributed by atoms with Gasteiger partial charge >= 0.3 is 12.1 Å². The molecule has 9 heteroatoms. The summed E-state index contributed by atoms with van der Waals surface area (Å²) in [4.78, 5) is 26.2. The van der Waals surface area contributed by atoms with E-state index in [1.54, 1.807) is 0 Å². The number of carbonyl (C=O) groups excluding carboxylic acids is 1. The second-order valence-electron chi connectivity index (χ2n) is 8.79. The standard InChI is InChI=1S/C20H27ClN2O.C2HF3O2/c21-19-7-5-15(6-8-19)9-20(24)23-13-17-11-22(12-18(17)14-23)10-16-3-1-2-4-16;3-2(4,5)1(6)7/h5-8,16-18H,1-4,9-14H2;(H,6,7). The van der Waals surface area contributed by atoms with Crippen molar-refractivity contribution in [1.29, 1.82) is 0 Å². The van der Waals surface area contributed by atoms with Crippen LogP contribution in [0.15, 0.2) is 24.3 Å². The highest BCUT2D eigenvalue weighted by atomic mass is 35.5. The second kappa shape index (κ2) is 10.2. The summed E-state index contributed by atoms with van der Waals surface area (Å²) in [5.41, 5.74) is 1.06. The second-order valence-corrected chi connectivity index (χ2v) is 9.23. The fraction of sp³-hybridized carbons (Fsp3) is 0.636. The third-order valence-corrected chi connectivity index (χ3v) is 6.67. The molecule has 1 N–H and O–H groups in total. The van der Waals surface area contributed by atoms with Crippen molar-refractivity contribution in [2.45, 2.75) is 38.3 Å². The SMILES string of the molecule is O=C(Cc1ccc(Cl)cc1)N1CC2CN(CC3CCCC3)CC2C1.O=C(O)C(F)(F)F. The molecule has 2 atom stereocenters. The van der Waals surface area contributed by atoms with Crippen LogP contribution in [-0.4, -0.2) is 65.7 Å². The van der Waals surface area contributed by atoms with E-state index in [9.17, 15) is 18.0 Å². The highest BCUT2D eigenvalue weighted by Gasteiger charge is 2.41. The maximum Gasteiger partial charge on any atom is 0.490 e. The number of likely N-dealkylation sites (tertiary alicyclic amines) is 2. The van der Waals surface area contributed by atoms with Gasteiger partial charge in [0.1, 0.15) is 0 Å². The Hall–Kier alpha value is -1.80. The maximum atomic E-state index is 12.6. The Morgan fingerprint density at radius 3 is 2.00 bits per heavy atom. The lowest BCUT2D eigenvalue weighted by molar-refractivity contribution is -0.192. The third-order valence-electron chi connectivity index (χ3n) is 6.42. The average molecular weight is 461 g/mol. The molecule has 4 rings (SSSR count). The van der Waals surface area contributed by atoms with Crippen LogP contribution in [-0.2, 0) is 16.0 Å². The molecule has 31 heavy (non-hydrogen) atoms. The summed E-state index contributed by atoms with van der Waals surface area (Å²) in [6, 6.07) is 7.65. The van der Waals surface area contributed by atoms with E-state index in [-0.39, 0.29) is 5.91 Å². The molecule has 2 aliphatic heterocycles. The molecular weight excluding hydrogens is 433 g/mol. The monoisotopic (exact) mass is 460 g/mol. The summed E-state index contributed by atoms with van der Waals surface area (Å²) in [5.74, 6) is -0.158. The number of carbonyl (C=O) groups is 2. The zero-order valence-electron chi connectivity index (χ0n) is 17.3. The molecule has 3 fully saturated rings. The van der Waals surface area contributed by atoms with Gasteiger partial charge in [0.25, 0.3) is 0 Å². The van der Waals surface area contributed by atoms with Gasteiger partial charge in [-0.1, -0.05) is 36.6 Å². The van der Waals surface area contributed by atoms with Gasteiger partial charge in [-0.2, -0.15) is 13.2 Å². The van der Waals surface area contributed by atoms with Gasteiger partial charge in [0, 0.05) is 37.7 Å². The van der Waals surface area contributed by atoms with Crippen molar-refractivity contribution in [1.82, 2.24) is 9.80 Å². The molecule has 1 aliphatic carbocycles. The number of aliphatic carboxylic acids is 1. The van der Waals surface area contributed by atoms with Crippen LogP contribution in [0.1, 0.15) is 31.2 Å². The molecule has 0 spiro atoms. The van der Waals surface area contributed by atoms with Crippen LogP contribution < -0.4 is 0 Å². The van der Waals surface area contributed by atoms with Crippen molar-refractivity contribution in [3.05, 3.63) is 34.9 Å². The normalized spacial score (nSPS) is 24.1. The number of nitrogens with zero attached hydrogens (tertiary/aromatic N) is 2. The Morgan fingerprint density at radius 1 is 1.00 bits per heavy atom. The molecular formula is C22H28ClF3N2O3. The molecule has 2 heterocycles. The number of hydrogen-bond acceptors (Lipinski definition) is 3. The minimum Gasteiger partial charge on any atom is -0.475 e. The summed E-state index contributed by atoms with van der Waals surface area (Å²) < 4.78 is 31.7. The summed E-state index contributed by atoms with van der Waals surface area (Å²) in [6.07, 6.45) is 1.13. The summed E-state index contributed by atoms with van der Waals surface area (Å²) >= 11 is 5.91. The summed E-state index contributed by atoms with van der Waals surface area (Å²) in [7, 11) is 0. The molecule has 172 valence electrons. The first-order chi connectivity index (χ1) is 14.6.